The molecule has 1 aliphatic rings. The van der Waals surface area contributed by atoms with Gasteiger partial charge in [-0.25, -0.2) is 0 Å². The van der Waals surface area contributed by atoms with Crippen molar-refractivity contribution in [2.24, 2.45) is 5.11 Å². The van der Waals surface area contributed by atoms with E-state index in [1.165, 1.54) is 6.92 Å². The summed E-state index contributed by atoms with van der Waals surface area (Å²) in [5.74, 6) is -0.377. The Labute approximate surface area is 102 Å². The summed E-state index contributed by atoms with van der Waals surface area (Å²) >= 11 is 0. The van der Waals surface area contributed by atoms with Gasteiger partial charge in [0.2, 0.25) is 0 Å². The molecule has 0 radical (unpaired) electrons. The summed E-state index contributed by atoms with van der Waals surface area (Å²) in [6.07, 6.45) is 4.26. The number of hydroxylamine groups is 1. The zero-order valence-electron chi connectivity index (χ0n) is 11.2. The van der Waals surface area contributed by atoms with E-state index in [-0.39, 0.29) is 5.97 Å². The molecule has 0 amide bonds. The lowest BCUT2D eigenvalue weighted by Gasteiger charge is -2.31. The summed E-state index contributed by atoms with van der Waals surface area (Å²) in [4.78, 5) is 11.8. The quantitative estimate of drug-likeness (QED) is 0.323. The Bertz CT molecular complexity index is 312. The molecule has 5 nitrogen and oxygen atoms in total. The Morgan fingerprint density at radius 1 is 1.29 bits per heavy atom. The smallest absolute Gasteiger partial charge is 0.305 e. The van der Waals surface area contributed by atoms with Crippen molar-refractivity contribution in [3.8, 4) is 0 Å². The molecule has 0 aromatic heterocycles. The molecule has 1 saturated carbocycles. The van der Waals surface area contributed by atoms with Gasteiger partial charge in [0.15, 0.2) is 5.54 Å². The van der Waals surface area contributed by atoms with E-state index in [1.807, 2.05) is 0 Å². The summed E-state index contributed by atoms with van der Waals surface area (Å²) in [6, 6.07) is 0. The number of ether oxygens (including phenoxy) is 1. The minimum atomic E-state index is -0.931. The van der Waals surface area contributed by atoms with E-state index < -0.39 is 11.3 Å². The Morgan fingerprint density at radius 3 is 2.24 bits per heavy atom. The average molecular weight is 242 g/mol. The number of azo groups is 1. The third-order valence-electron chi connectivity index (χ3n) is 2.82. The fraction of sp³-hybridized carbons (Fsp3) is 0.917. The molecule has 0 heterocycles. The molecule has 0 saturated heterocycles. The van der Waals surface area contributed by atoms with Gasteiger partial charge in [0.05, 0.1) is 0 Å². The fourth-order valence-corrected chi connectivity index (χ4v) is 1.91. The Morgan fingerprint density at radius 2 is 1.82 bits per heavy atom. The Hall–Kier alpha value is -1.13. The maximum Gasteiger partial charge on any atom is 0.305 e. The van der Waals surface area contributed by atoms with Crippen molar-refractivity contribution < 1.29 is 14.4 Å². The predicted molar refractivity (Wildman–Crippen MR) is 63.4 cm³/mol. The van der Waals surface area contributed by atoms with Crippen LogP contribution in [0.4, 0.5) is 0 Å². The van der Waals surface area contributed by atoms with Crippen LogP contribution >= 0.6 is 0 Å². The molecule has 0 aromatic rings. The van der Waals surface area contributed by atoms with Gasteiger partial charge < -0.3 is 9.94 Å². The van der Waals surface area contributed by atoms with Crippen LogP contribution in [0.2, 0.25) is 0 Å². The number of hydrogen-bond acceptors (Lipinski definition) is 4. The molecule has 5 heteroatoms. The highest BCUT2D eigenvalue weighted by atomic mass is 16.6. The molecule has 1 rings (SSSR count). The first-order valence-corrected chi connectivity index (χ1v) is 6.15. The van der Waals surface area contributed by atoms with Gasteiger partial charge in [-0.05, 0) is 12.8 Å². The van der Waals surface area contributed by atoms with Crippen LogP contribution in [0.5, 0.6) is 0 Å². The van der Waals surface area contributed by atoms with Crippen LogP contribution in [0.1, 0.15) is 59.8 Å². The van der Waals surface area contributed by atoms with E-state index >= 15 is 0 Å². The SMILES string of the molecule is CC(=O)OC1(N=[N+]([O-])C(C)(C)C)CCCCC1. The second kappa shape index (κ2) is 5.02. The zero-order chi connectivity index (χ0) is 13.1. The van der Waals surface area contributed by atoms with Crippen LogP contribution < -0.4 is 0 Å². The van der Waals surface area contributed by atoms with Crippen molar-refractivity contribution in [3.63, 3.8) is 0 Å². The van der Waals surface area contributed by atoms with E-state index in [4.69, 9.17) is 4.74 Å². The third-order valence-corrected chi connectivity index (χ3v) is 2.82. The number of hydrogen-bond donors (Lipinski definition) is 0. The first-order chi connectivity index (χ1) is 7.75. The molecule has 0 aliphatic heterocycles. The first kappa shape index (κ1) is 13.9. The summed E-state index contributed by atoms with van der Waals surface area (Å²) in [5.41, 5.74) is -1.54. The lowest BCUT2D eigenvalue weighted by Crippen LogP contribution is -2.39. The molecule has 0 aromatic carbocycles. The van der Waals surface area contributed by atoms with E-state index in [2.05, 4.69) is 5.11 Å². The number of rotatable bonds is 2. The largest absolute Gasteiger partial charge is 0.599 e. The lowest BCUT2D eigenvalue weighted by molar-refractivity contribution is -0.609. The van der Waals surface area contributed by atoms with E-state index in [0.717, 1.165) is 19.3 Å². The molecule has 1 aliphatic carbocycles. The van der Waals surface area contributed by atoms with E-state index in [9.17, 15) is 10.0 Å². The predicted octanol–water partition coefficient (Wildman–Crippen LogP) is 2.97. The average Bonchev–Trinajstić information content (AvgIpc) is 2.15. The van der Waals surface area contributed by atoms with E-state index in [1.54, 1.807) is 20.8 Å². The van der Waals surface area contributed by atoms with Crippen molar-refractivity contribution in [2.45, 2.75) is 71.1 Å². The van der Waals surface area contributed by atoms with E-state index in [0.29, 0.717) is 17.7 Å². The van der Waals surface area contributed by atoms with Gasteiger partial charge in [-0.15, -0.1) is 0 Å². The minimum Gasteiger partial charge on any atom is -0.599 e. The second-order valence-electron chi connectivity index (χ2n) is 5.64. The maximum absolute atomic E-state index is 11.9. The standard InChI is InChI=1S/C12H22N2O3/c1-10(15)17-12(8-6-5-7-9-12)13-14(16)11(2,3)4/h5-9H2,1-4H3. The van der Waals surface area contributed by atoms with Crippen LogP contribution in [-0.2, 0) is 9.53 Å². The highest BCUT2D eigenvalue weighted by molar-refractivity contribution is 5.66. The fourth-order valence-electron chi connectivity index (χ4n) is 1.91. The number of esters is 1. The lowest BCUT2D eigenvalue weighted by atomic mass is 9.92. The molecular formula is C12H22N2O3. The van der Waals surface area contributed by atoms with Gasteiger partial charge in [-0.3, -0.25) is 4.79 Å². The van der Waals surface area contributed by atoms with Crippen LogP contribution in [0, 0.1) is 5.21 Å². The molecule has 0 N–H and O–H groups in total. The van der Waals surface area contributed by atoms with Gasteiger partial charge in [0.1, 0.15) is 0 Å². The zero-order valence-corrected chi connectivity index (χ0v) is 11.2. The highest BCUT2D eigenvalue weighted by Crippen LogP contribution is 2.33. The topological polar surface area (TPSA) is 64.7 Å². The van der Waals surface area contributed by atoms with Crippen molar-refractivity contribution in [1.82, 2.24) is 0 Å². The summed E-state index contributed by atoms with van der Waals surface area (Å²) < 4.78 is 5.30. The summed E-state index contributed by atoms with van der Waals surface area (Å²) in [6.45, 7) is 6.72. The third kappa shape index (κ3) is 3.98. The molecule has 17 heavy (non-hydrogen) atoms. The molecule has 0 spiro atoms. The molecule has 1 fully saturated rings. The summed E-state index contributed by atoms with van der Waals surface area (Å²) in [7, 11) is 0. The van der Waals surface area contributed by atoms with Gasteiger partial charge >= 0.3 is 5.97 Å². The Kier molecular flexibility index (Phi) is 4.11. The first-order valence-electron chi connectivity index (χ1n) is 6.15. The Balaban J connectivity index is 2.94. The molecule has 0 unspecified atom stereocenters. The van der Waals surface area contributed by atoms with Gasteiger partial charge in [0.25, 0.3) is 5.72 Å². The van der Waals surface area contributed by atoms with Crippen molar-refractivity contribution in [1.29, 1.82) is 0 Å². The van der Waals surface area contributed by atoms with Gasteiger partial charge in [0, 0.05) is 45.7 Å². The maximum atomic E-state index is 11.9. The number of carbonyl (C=O) groups excluding carboxylic acids is 1. The van der Waals surface area contributed by atoms with Crippen LogP contribution in [-0.4, -0.2) is 22.1 Å². The second-order valence-corrected chi connectivity index (χ2v) is 5.64. The number of carbonyl (C=O) groups is 1. The van der Waals surface area contributed by atoms with Crippen molar-refractivity contribution >= 4 is 5.97 Å². The monoisotopic (exact) mass is 242 g/mol. The molecule has 0 bridgehead atoms. The normalized spacial score (nSPS) is 21.1. The molecular weight excluding hydrogens is 220 g/mol. The number of nitrogens with zero attached hydrogens (tertiary/aromatic N) is 2. The molecule has 98 valence electrons. The summed E-state index contributed by atoms with van der Waals surface area (Å²) in [5, 5.41) is 16.0. The van der Waals surface area contributed by atoms with Crippen molar-refractivity contribution in [3.05, 3.63) is 5.21 Å². The van der Waals surface area contributed by atoms with Crippen LogP contribution in [0.15, 0.2) is 5.11 Å². The van der Waals surface area contributed by atoms with Crippen molar-refractivity contribution in [2.75, 3.05) is 0 Å². The van der Waals surface area contributed by atoms with Gasteiger partial charge in [-0.1, -0.05) is 11.3 Å². The van der Waals surface area contributed by atoms with Crippen LogP contribution in [0.3, 0.4) is 0 Å². The van der Waals surface area contributed by atoms with Crippen LogP contribution in [0.25, 0.3) is 0 Å². The molecule has 0 atom stereocenters. The minimum absolute atomic E-state index is 0.377. The van der Waals surface area contributed by atoms with Gasteiger partial charge in [-0.2, -0.15) is 0 Å². The highest BCUT2D eigenvalue weighted by Gasteiger charge is 2.40.